The number of benzene rings is 1. The van der Waals surface area contributed by atoms with Gasteiger partial charge in [0.15, 0.2) is 22.5 Å². The third-order valence-electron chi connectivity index (χ3n) is 2.18. The lowest BCUT2D eigenvalue weighted by atomic mass is 10.2. The van der Waals surface area contributed by atoms with Gasteiger partial charge in [0.2, 0.25) is 5.75 Å². The normalized spacial score (nSPS) is 10.8. The Balaban J connectivity index is 2.11. The molecule has 0 amide bonds. The van der Waals surface area contributed by atoms with Gasteiger partial charge in [-0.25, -0.2) is 0 Å². The number of halogens is 1. The minimum absolute atomic E-state index is 0.227. The SMILES string of the molecule is Oc1ccc(/C=N/Nc2ccc(Cl)nn2)c(O)c1O. The molecule has 0 saturated carbocycles. The van der Waals surface area contributed by atoms with E-state index in [1.807, 2.05) is 0 Å². The number of hydrazone groups is 1. The van der Waals surface area contributed by atoms with Gasteiger partial charge in [0.1, 0.15) is 0 Å². The Kier molecular flexibility index (Phi) is 3.67. The van der Waals surface area contributed by atoms with E-state index in [1.54, 1.807) is 6.07 Å². The average Bonchev–Trinajstić information content (AvgIpc) is 2.41. The summed E-state index contributed by atoms with van der Waals surface area (Å²) in [5, 5.41) is 39.4. The van der Waals surface area contributed by atoms with Gasteiger partial charge in [-0.2, -0.15) is 5.10 Å². The fraction of sp³-hybridized carbons (Fsp3) is 0. The molecule has 2 rings (SSSR count). The molecule has 0 aliphatic heterocycles. The van der Waals surface area contributed by atoms with Gasteiger partial charge in [-0.1, -0.05) is 11.6 Å². The van der Waals surface area contributed by atoms with E-state index in [9.17, 15) is 10.2 Å². The molecule has 2 aromatic rings. The van der Waals surface area contributed by atoms with E-state index in [-0.39, 0.29) is 10.7 Å². The third-order valence-corrected chi connectivity index (χ3v) is 2.38. The molecule has 7 nitrogen and oxygen atoms in total. The first-order chi connectivity index (χ1) is 9.08. The molecule has 0 aliphatic carbocycles. The molecule has 0 fully saturated rings. The van der Waals surface area contributed by atoms with Crippen molar-refractivity contribution in [1.29, 1.82) is 0 Å². The Morgan fingerprint density at radius 2 is 1.84 bits per heavy atom. The highest BCUT2D eigenvalue weighted by atomic mass is 35.5. The van der Waals surface area contributed by atoms with Gasteiger partial charge in [0, 0.05) is 5.56 Å². The molecule has 0 unspecified atom stereocenters. The smallest absolute Gasteiger partial charge is 0.200 e. The summed E-state index contributed by atoms with van der Waals surface area (Å²) < 4.78 is 0. The molecule has 0 aliphatic rings. The zero-order valence-corrected chi connectivity index (χ0v) is 10.2. The molecule has 0 spiro atoms. The predicted octanol–water partition coefficient (Wildman–Crippen LogP) is 1.69. The molecule has 1 heterocycles. The predicted molar refractivity (Wildman–Crippen MR) is 69.7 cm³/mol. The molecule has 0 bridgehead atoms. The van der Waals surface area contributed by atoms with Crippen molar-refractivity contribution in [3.8, 4) is 17.2 Å². The summed E-state index contributed by atoms with van der Waals surface area (Å²) in [6, 6.07) is 5.73. The standard InChI is InChI=1S/C11H9ClN4O3/c12-8-3-4-9(16-14-8)15-13-5-6-1-2-7(17)11(19)10(6)18/h1-5,17-19H,(H,15,16)/b13-5+. The molecule has 0 radical (unpaired) electrons. The van der Waals surface area contributed by atoms with Crippen LogP contribution in [0.3, 0.4) is 0 Å². The van der Waals surface area contributed by atoms with E-state index in [0.717, 1.165) is 0 Å². The van der Waals surface area contributed by atoms with Crippen molar-refractivity contribution >= 4 is 23.6 Å². The first-order valence-corrected chi connectivity index (χ1v) is 5.48. The minimum atomic E-state index is -0.602. The van der Waals surface area contributed by atoms with Gasteiger partial charge < -0.3 is 15.3 Å². The van der Waals surface area contributed by atoms with Gasteiger partial charge in [-0.3, -0.25) is 5.43 Å². The second-order valence-corrected chi connectivity index (χ2v) is 3.87. The van der Waals surface area contributed by atoms with Crippen molar-refractivity contribution in [3.05, 3.63) is 35.0 Å². The zero-order valence-electron chi connectivity index (χ0n) is 9.45. The lowest BCUT2D eigenvalue weighted by molar-refractivity contribution is 0.367. The number of aromatic hydroxyl groups is 3. The number of phenolic OH excluding ortho intramolecular Hbond substituents is 3. The molecule has 4 N–H and O–H groups in total. The quantitative estimate of drug-likeness (QED) is 0.387. The number of hydrogen-bond donors (Lipinski definition) is 4. The van der Waals surface area contributed by atoms with Crippen LogP contribution in [0.2, 0.25) is 5.15 Å². The number of aromatic nitrogens is 2. The van der Waals surface area contributed by atoms with Crippen molar-refractivity contribution in [2.75, 3.05) is 5.43 Å². The maximum Gasteiger partial charge on any atom is 0.200 e. The topological polar surface area (TPSA) is 111 Å². The first kappa shape index (κ1) is 12.9. The summed E-state index contributed by atoms with van der Waals surface area (Å²) in [7, 11) is 0. The Hall–Kier alpha value is -2.54. The van der Waals surface area contributed by atoms with E-state index in [1.165, 1.54) is 24.4 Å². The fourth-order valence-corrected chi connectivity index (χ4v) is 1.33. The highest BCUT2D eigenvalue weighted by molar-refractivity contribution is 6.29. The number of hydrogen-bond acceptors (Lipinski definition) is 7. The zero-order chi connectivity index (χ0) is 13.8. The maximum atomic E-state index is 9.54. The third kappa shape index (κ3) is 3.02. The summed E-state index contributed by atoms with van der Waals surface area (Å²) in [5.41, 5.74) is 2.79. The Morgan fingerprint density at radius 3 is 2.53 bits per heavy atom. The molecule has 1 aromatic heterocycles. The van der Waals surface area contributed by atoms with Crippen molar-refractivity contribution in [2.45, 2.75) is 0 Å². The van der Waals surface area contributed by atoms with E-state index in [4.69, 9.17) is 16.7 Å². The van der Waals surface area contributed by atoms with E-state index in [0.29, 0.717) is 5.82 Å². The van der Waals surface area contributed by atoms with Crippen LogP contribution in [0.4, 0.5) is 5.82 Å². The van der Waals surface area contributed by atoms with E-state index in [2.05, 4.69) is 20.7 Å². The molecular formula is C11H9ClN4O3. The summed E-state index contributed by atoms with van der Waals surface area (Å²) in [5.74, 6) is -1.11. The van der Waals surface area contributed by atoms with Crippen LogP contribution in [0.25, 0.3) is 0 Å². The Morgan fingerprint density at radius 1 is 1.05 bits per heavy atom. The maximum absolute atomic E-state index is 9.54. The van der Waals surface area contributed by atoms with Gasteiger partial charge in [-0.05, 0) is 24.3 Å². The number of phenols is 3. The van der Waals surface area contributed by atoms with Crippen molar-refractivity contribution < 1.29 is 15.3 Å². The molecule has 19 heavy (non-hydrogen) atoms. The number of rotatable bonds is 3. The van der Waals surface area contributed by atoms with Crippen LogP contribution in [-0.2, 0) is 0 Å². The average molecular weight is 281 g/mol. The summed E-state index contributed by atoms with van der Waals surface area (Å²) >= 11 is 5.57. The highest BCUT2D eigenvalue weighted by Gasteiger charge is 2.08. The van der Waals surface area contributed by atoms with Gasteiger partial charge in [0.05, 0.1) is 6.21 Å². The monoisotopic (exact) mass is 280 g/mol. The highest BCUT2D eigenvalue weighted by Crippen LogP contribution is 2.36. The Bertz CT molecular complexity index is 616. The van der Waals surface area contributed by atoms with Gasteiger partial charge >= 0.3 is 0 Å². The van der Waals surface area contributed by atoms with Crippen LogP contribution >= 0.6 is 11.6 Å². The van der Waals surface area contributed by atoms with Gasteiger partial charge in [-0.15, -0.1) is 10.2 Å². The number of nitrogens with one attached hydrogen (secondary N) is 1. The van der Waals surface area contributed by atoms with Crippen molar-refractivity contribution in [3.63, 3.8) is 0 Å². The number of anilines is 1. The van der Waals surface area contributed by atoms with E-state index < -0.39 is 17.2 Å². The lowest BCUT2D eigenvalue weighted by Crippen LogP contribution is -1.95. The van der Waals surface area contributed by atoms with Crippen LogP contribution < -0.4 is 5.43 Å². The molecule has 98 valence electrons. The lowest BCUT2D eigenvalue weighted by Gasteiger charge is -2.03. The molecular weight excluding hydrogens is 272 g/mol. The van der Waals surface area contributed by atoms with Crippen LogP contribution in [0.1, 0.15) is 5.56 Å². The molecule has 0 atom stereocenters. The van der Waals surface area contributed by atoms with Gasteiger partial charge in [0.25, 0.3) is 0 Å². The summed E-state index contributed by atoms with van der Waals surface area (Å²) in [6.45, 7) is 0. The summed E-state index contributed by atoms with van der Waals surface area (Å²) in [6.07, 6.45) is 1.25. The van der Waals surface area contributed by atoms with Crippen LogP contribution in [0.15, 0.2) is 29.4 Å². The minimum Gasteiger partial charge on any atom is -0.504 e. The first-order valence-electron chi connectivity index (χ1n) is 5.10. The fourth-order valence-electron chi connectivity index (χ4n) is 1.23. The van der Waals surface area contributed by atoms with Crippen LogP contribution in [0.5, 0.6) is 17.2 Å². The van der Waals surface area contributed by atoms with E-state index >= 15 is 0 Å². The van der Waals surface area contributed by atoms with Crippen LogP contribution in [0, 0.1) is 0 Å². The molecule has 0 saturated heterocycles. The van der Waals surface area contributed by atoms with Crippen molar-refractivity contribution in [2.24, 2.45) is 5.10 Å². The molecule has 1 aromatic carbocycles. The molecule has 8 heteroatoms. The summed E-state index contributed by atoms with van der Waals surface area (Å²) in [4.78, 5) is 0. The van der Waals surface area contributed by atoms with Crippen LogP contribution in [-0.4, -0.2) is 31.7 Å². The number of nitrogens with zero attached hydrogens (tertiary/aromatic N) is 3. The largest absolute Gasteiger partial charge is 0.504 e. The Labute approximate surface area is 112 Å². The second kappa shape index (κ2) is 5.40. The second-order valence-electron chi connectivity index (χ2n) is 3.48. The van der Waals surface area contributed by atoms with Crippen molar-refractivity contribution in [1.82, 2.24) is 10.2 Å².